The predicted molar refractivity (Wildman–Crippen MR) is 60.8 cm³/mol. The fraction of sp³-hybridized carbons (Fsp3) is 0.917. The Labute approximate surface area is 106 Å². The van der Waals surface area contributed by atoms with Crippen LogP contribution in [-0.4, -0.2) is 54.0 Å². The van der Waals surface area contributed by atoms with Gasteiger partial charge < -0.3 is 24.1 Å². The van der Waals surface area contributed by atoms with E-state index in [1.165, 1.54) is 0 Å². The van der Waals surface area contributed by atoms with E-state index in [1.54, 1.807) is 27.7 Å². The van der Waals surface area contributed by atoms with E-state index in [2.05, 4.69) is 0 Å². The zero-order valence-corrected chi connectivity index (χ0v) is 11.1. The van der Waals surface area contributed by atoms with Crippen molar-refractivity contribution in [2.45, 2.75) is 57.6 Å². The summed E-state index contributed by atoms with van der Waals surface area (Å²) in [5.41, 5.74) is 0. The van der Waals surface area contributed by atoms with Crippen molar-refractivity contribution >= 4 is 5.78 Å². The number of aliphatic hydroxyl groups is 1. The lowest BCUT2D eigenvalue weighted by molar-refractivity contribution is -0.277. The molecule has 2 fully saturated rings. The largest absolute Gasteiger partial charge is 0.387 e. The van der Waals surface area contributed by atoms with Crippen LogP contribution in [-0.2, 0) is 23.7 Å². The van der Waals surface area contributed by atoms with Gasteiger partial charge in [-0.1, -0.05) is 0 Å². The molecule has 0 aromatic heterocycles. The fourth-order valence-corrected chi connectivity index (χ4v) is 2.07. The normalized spacial score (nSPS) is 36.6. The maximum Gasteiger partial charge on any atom is 0.190 e. The molecular formula is C12H20O6. The first-order valence-corrected chi connectivity index (χ1v) is 6.04. The van der Waals surface area contributed by atoms with Gasteiger partial charge in [-0.05, 0) is 27.7 Å². The predicted octanol–water partition coefficient (Wildman–Crippen LogP) is 0.219. The van der Waals surface area contributed by atoms with Crippen LogP contribution in [0.3, 0.4) is 0 Å². The second-order valence-electron chi connectivity index (χ2n) is 5.55. The average Bonchev–Trinajstić information content (AvgIpc) is 2.61. The Balaban J connectivity index is 2.04. The zero-order chi connectivity index (χ0) is 13.6. The topological polar surface area (TPSA) is 74.2 Å². The molecule has 2 saturated heterocycles. The van der Waals surface area contributed by atoms with E-state index in [4.69, 9.17) is 18.9 Å². The number of ketones is 1. The SMILES string of the molecule is CC1(C)OC[C@@H]([C@@H](O)[C@@H]2OC(C)(C)OCC2=O)O1. The zero-order valence-electron chi connectivity index (χ0n) is 11.1. The lowest BCUT2D eigenvalue weighted by Crippen LogP contribution is -2.54. The quantitative estimate of drug-likeness (QED) is 0.765. The highest BCUT2D eigenvalue weighted by atomic mass is 16.8. The molecule has 0 bridgehead atoms. The van der Waals surface area contributed by atoms with Crippen LogP contribution >= 0.6 is 0 Å². The summed E-state index contributed by atoms with van der Waals surface area (Å²) in [4.78, 5) is 11.7. The number of aliphatic hydroxyl groups excluding tert-OH is 1. The van der Waals surface area contributed by atoms with Crippen LogP contribution in [0.2, 0.25) is 0 Å². The van der Waals surface area contributed by atoms with Crippen molar-refractivity contribution in [3.63, 3.8) is 0 Å². The van der Waals surface area contributed by atoms with E-state index in [0.717, 1.165) is 0 Å². The van der Waals surface area contributed by atoms with Gasteiger partial charge in [0.25, 0.3) is 0 Å². The fourth-order valence-electron chi connectivity index (χ4n) is 2.07. The van der Waals surface area contributed by atoms with Crippen LogP contribution < -0.4 is 0 Å². The van der Waals surface area contributed by atoms with Gasteiger partial charge in [0.15, 0.2) is 17.4 Å². The van der Waals surface area contributed by atoms with Crippen LogP contribution in [0.1, 0.15) is 27.7 Å². The van der Waals surface area contributed by atoms with Crippen molar-refractivity contribution in [3.05, 3.63) is 0 Å². The number of Topliss-reactive ketones (excluding diaryl/α,β-unsaturated/α-hetero) is 1. The number of carbonyl (C=O) groups excluding carboxylic acids is 1. The van der Waals surface area contributed by atoms with Crippen LogP contribution in [0.25, 0.3) is 0 Å². The van der Waals surface area contributed by atoms with Crippen LogP contribution in [0.15, 0.2) is 0 Å². The van der Waals surface area contributed by atoms with Gasteiger partial charge in [0.1, 0.15) is 24.9 Å². The second-order valence-corrected chi connectivity index (χ2v) is 5.55. The van der Waals surface area contributed by atoms with Gasteiger partial charge in [0.2, 0.25) is 0 Å². The molecule has 0 aliphatic carbocycles. The molecule has 0 amide bonds. The standard InChI is InChI=1S/C12H20O6/c1-11(2)16-6-8(17-11)9(14)10-7(13)5-15-12(3,4)18-10/h8-10,14H,5-6H2,1-4H3/t8-,9+,10+/m0/s1. The minimum Gasteiger partial charge on any atom is -0.387 e. The van der Waals surface area contributed by atoms with E-state index in [0.29, 0.717) is 0 Å². The van der Waals surface area contributed by atoms with Gasteiger partial charge >= 0.3 is 0 Å². The molecule has 104 valence electrons. The summed E-state index contributed by atoms with van der Waals surface area (Å²) in [7, 11) is 0. The molecule has 0 spiro atoms. The maximum absolute atomic E-state index is 11.7. The highest BCUT2D eigenvalue weighted by Crippen LogP contribution is 2.29. The van der Waals surface area contributed by atoms with Crippen LogP contribution in [0, 0.1) is 0 Å². The second kappa shape index (κ2) is 4.54. The van der Waals surface area contributed by atoms with E-state index in [9.17, 15) is 9.90 Å². The Morgan fingerprint density at radius 1 is 1.17 bits per heavy atom. The molecule has 0 saturated carbocycles. The maximum atomic E-state index is 11.7. The van der Waals surface area contributed by atoms with E-state index >= 15 is 0 Å². The number of carbonyl (C=O) groups is 1. The minimum absolute atomic E-state index is 0.0638. The van der Waals surface area contributed by atoms with Crippen LogP contribution in [0.4, 0.5) is 0 Å². The number of hydrogen-bond acceptors (Lipinski definition) is 6. The number of ether oxygens (including phenoxy) is 4. The van der Waals surface area contributed by atoms with Crippen molar-refractivity contribution in [2.75, 3.05) is 13.2 Å². The third kappa shape index (κ3) is 2.89. The monoisotopic (exact) mass is 260 g/mol. The Morgan fingerprint density at radius 2 is 1.78 bits per heavy atom. The number of rotatable bonds is 2. The molecule has 2 rings (SSSR count). The Kier molecular flexibility index (Phi) is 3.50. The molecular weight excluding hydrogens is 240 g/mol. The lowest BCUT2D eigenvalue weighted by atomic mass is 10.0. The lowest BCUT2D eigenvalue weighted by Gasteiger charge is -2.37. The molecule has 18 heavy (non-hydrogen) atoms. The summed E-state index contributed by atoms with van der Waals surface area (Å²) in [5.74, 6) is -1.90. The molecule has 0 aromatic rings. The third-order valence-corrected chi connectivity index (χ3v) is 3.01. The Bertz CT molecular complexity index is 337. The molecule has 2 aliphatic heterocycles. The average molecular weight is 260 g/mol. The van der Waals surface area contributed by atoms with Crippen molar-refractivity contribution < 1.29 is 28.8 Å². The van der Waals surface area contributed by atoms with Gasteiger partial charge in [0.05, 0.1) is 6.61 Å². The Hall–Kier alpha value is -0.530. The van der Waals surface area contributed by atoms with Crippen molar-refractivity contribution in [1.82, 2.24) is 0 Å². The molecule has 0 aromatic carbocycles. The highest BCUT2D eigenvalue weighted by Gasteiger charge is 2.46. The van der Waals surface area contributed by atoms with Crippen molar-refractivity contribution in [3.8, 4) is 0 Å². The van der Waals surface area contributed by atoms with Crippen molar-refractivity contribution in [2.24, 2.45) is 0 Å². The van der Waals surface area contributed by atoms with Crippen LogP contribution in [0.5, 0.6) is 0 Å². The van der Waals surface area contributed by atoms with Gasteiger partial charge in [-0.25, -0.2) is 0 Å². The summed E-state index contributed by atoms with van der Waals surface area (Å²) in [6.45, 7) is 7.10. The molecule has 2 heterocycles. The van der Waals surface area contributed by atoms with E-state index in [1.807, 2.05) is 0 Å². The first-order chi connectivity index (χ1) is 8.20. The summed E-state index contributed by atoms with van der Waals surface area (Å²) in [5, 5.41) is 10.2. The summed E-state index contributed by atoms with van der Waals surface area (Å²) in [6.07, 6.45) is -2.55. The summed E-state index contributed by atoms with van der Waals surface area (Å²) in [6, 6.07) is 0. The molecule has 6 heteroatoms. The van der Waals surface area contributed by atoms with Crippen molar-refractivity contribution in [1.29, 1.82) is 0 Å². The molecule has 2 aliphatic rings. The number of hydrogen-bond donors (Lipinski definition) is 1. The first kappa shape index (κ1) is 13.9. The van der Waals surface area contributed by atoms with E-state index < -0.39 is 29.9 Å². The molecule has 3 atom stereocenters. The van der Waals surface area contributed by atoms with Gasteiger partial charge in [-0.3, -0.25) is 4.79 Å². The smallest absolute Gasteiger partial charge is 0.190 e. The molecule has 1 N–H and O–H groups in total. The molecule has 0 radical (unpaired) electrons. The molecule has 6 nitrogen and oxygen atoms in total. The van der Waals surface area contributed by atoms with E-state index in [-0.39, 0.29) is 19.0 Å². The molecule has 0 unspecified atom stereocenters. The van der Waals surface area contributed by atoms with Gasteiger partial charge in [-0.15, -0.1) is 0 Å². The summed E-state index contributed by atoms with van der Waals surface area (Å²) < 4.78 is 21.6. The summed E-state index contributed by atoms with van der Waals surface area (Å²) >= 11 is 0. The highest BCUT2D eigenvalue weighted by molar-refractivity contribution is 5.85. The first-order valence-electron chi connectivity index (χ1n) is 6.04. The Morgan fingerprint density at radius 3 is 2.33 bits per heavy atom. The third-order valence-electron chi connectivity index (χ3n) is 3.01. The minimum atomic E-state index is -1.05. The van der Waals surface area contributed by atoms with Gasteiger partial charge in [-0.2, -0.15) is 0 Å². The van der Waals surface area contributed by atoms with Gasteiger partial charge in [0, 0.05) is 0 Å².